The Labute approximate surface area is 162 Å². The van der Waals surface area contributed by atoms with Crippen molar-refractivity contribution in [2.24, 2.45) is 14.1 Å². The van der Waals surface area contributed by atoms with Gasteiger partial charge in [-0.1, -0.05) is 12.1 Å². The van der Waals surface area contributed by atoms with E-state index in [1.165, 1.54) is 0 Å². The van der Waals surface area contributed by atoms with Crippen LogP contribution in [0.1, 0.15) is 6.92 Å². The number of aryl methyl sites for hydroxylation is 2. The molecular weight excluding hydrogens is 356 g/mol. The fraction of sp³-hybridized carbons (Fsp3) is 0.238. The van der Waals surface area contributed by atoms with Crippen LogP contribution in [-0.2, 0) is 14.1 Å². The van der Waals surface area contributed by atoms with E-state index in [2.05, 4.69) is 4.98 Å². The molecule has 2 aromatic heterocycles. The number of hydrogen-bond donors (Lipinski definition) is 0. The van der Waals surface area contributed by atoms with Crippen LogP contribution in [0, 0.1) is 0 Å². The number of ether oxygens (including phenoxy) is 2. The van der Waals surface area contributed by atoms with Gasteiger partial charge in [0.15, 0.2) is 0 Å². The van der Waals surface area contributed by atoms with E-state index >= 15 is 0 Å². The Hall–Kier alpha value is -3.48. The maximum atomic E-state index is 12.3. The zero-order valence-corrected chi connectivity index (χ0v) is 16.3. The molecule has 0 aliphatic carbocycles. The Kier molecular flexibility index (Phi) is 4.43. The molecule has 7 nitrogen and oxygen atoms in total. The summed E-state index contributed by atoms with van der Waals surface area (Å²) in [5.41, 5.74) is 3.24. The Balaban J connectivity index is 1.97. The van der Waals surface area contributed by atoms with E-state index in [1.807, 2.05) is 54.1 Å². The zero-order chi connectivity index (χ0) is 19.8. The second-order valence-electron chi connectivity index (χ2n) is 6.46. The summed E-state index contributed by atoms with van der Waals surface area (Å²) in [4.78, 5) is 16.9. The molecular formula is C21H22N4O3. The molecule has 144 valence electrons. The number of methoxy groups -OCH3 is 1. The van der Waals surface area contributed by atoms with Gasteiger partial charge in [0, 0.05) is 32.6 Å². The van der Waals surface area contributed by atoms with E-state index in [4.69, 9.17) is 9.47 Å². The van der Waals surface area contributed by atoms with Gasteiger partial charge in [0.25, 0.3) is 0 Å². The first kappa shape index (κ1) is 17.9. The van der Waals surface area contributed by atoms with E-state index in [0.29, 0.717) is 12.4 Å². The van der Waals surface area contributed by atoms with Crippen molar-refractivity contribution < 1.29 is 9.47 Å². The lowest BCUT2D eigenvalue weighted by Gasteiger charge is -2.15. The Bertz CT molecular complexity index is 1220. The molecule has 0 spiro atoms. The van der Waals surface area contributed by atoms with Gasteiger partial charge >= 0.3 is 5.69 Å². The number of aromatic nitrogens is 4. The average Bonchev–Trinajstić information content (AvgIpc) is 3.28. The number of hydrogen-bond acceptors (Lipinski definition) is 4. The van der Waals surface area contributed by atoms with E-state index in [9.17, 15) is 4.79 Å². The van der Waals surface area contributed by atoms with Gasteiger partial charge < -0.3 is 9.47 Å². The molecule has 0 N–H and O–H groups in total. The van der Waals surface area contributed by atoms with Gasteiger partial charge in [-0.15, -0.1) is 0 Å². The third-order valence-electron chi connectivity index (χ3n) is 4.90. The van der Waals surface area contributed by atoms with Gasteiger partial charge in [-0.05, 0) is 25.1 Å². The molecule has 0 radical (unpaired) electrons. The maximum Gasteiger partial charge on any atom is 0.328 e. The molecule has 4 rings (SSSR count). The molecule has 28 heavy (non-hydrogen) atoms. The van der Waals surface area contributed by atoms with Crippen LogP contribution in [0.5, 0.6) is 11.5 Å². The summed E-state index contributed by atoms with van der Waals surface area (Å²) in [6.07, 6.45) is 3.62. The minimum Gasteiger partial charge on any atom is -0.494 e. The van der Waals surface area contributed by atoms with Crippen LogP contribution >= 0.6 is 0 Å². The molecule has 7 heteroatoms. The first-order valence-electron chi connectivity index (χ1n) is 9.06. The first-order valence-corrected chi connectivity index (χ1v) is 9.06. The Morgan fingerprint density at radius 3 is 2.46 bits per heavy atom. The summed E-state index contributed by atoms with van der Waals surface area (Å²) in [5, 5.41) is 0. The minimum absolute atomic E-state index is 0.0817. The lowest BCUT2D eigenvalue weighted by Crippen LogP contribution is -2.19. The molecule has 0 aliphatic heterocycles. The van der Waals surface area contributed by atoms with Crippen molar-refractivity contribution in [3.63, 3.8) is 0 Å². The first-order chi connectivity index (χ1) is 13.6. The van der Waals surface area contributed by atoms with Crippen molar-refractivity contribution in [3.8, 4) is 28.6 Å². The summed E-state index contributed by atoms with van der Waals surface area (Å²) in [6.45, 7) is 2.52. The average molecular weight is 378 g/mol. The number of imidazole rings is 2. The predicted molar refractivity (Wildman–Crippen MR) is 108 cm³/mol. The molecule has 0 saturated carbocycles. The van der Waals surface area contributed by atoms with E-state index in [1.54, 1.807) is 36.5 Å². The van der Waals surface area contributed by atoms with Crippen molar-refractivity contribution >= 4 is 11.0 Å². The van der Waals surface area contributed by atoms with Gasteiger partial charge in [-0.2, -0.15) is 0 Å². The number of para-hydroxylation sites is 1. The number of fused-ring (bicyclic) bond motifs is 1. The SMILES string of the molecule is CCOc1ccccc1-c1nccn1-c1cc2c(cc1OC)n(C)c(=O)n2C. The standard InChI is InChI=1S/C21H22N4O3/c1-5-28-18-9-7-6-8-14(18)20-22-10-11-25(20)17-12-15-16(13-19(17)27-4)24(3)21(26)23(15)2/h6-13H,5H2,1-4H3. The largest absolute Gasteiger partial charge is 0.494 e. The highest BCUT2D eigenvalue weighted by molar-refractivity contribution is 5.82. The third kappa shape index (κ3) is 2.67. The molecule has 2 aromatic carbocycles. The molecule has 0 bridgehead atoms. The van der Waals surface area contributed by atoms with Crippen LogP contribution in [-0.4, -0.2) is 32.4 Å². The van der Waals surface area contributed by atoms with Gasteiger partial charge in [0.2, 0.25) is 0 Å². The highest BCUT2D eigenvalue weighted by Gasteiger charge is 2.18. The smallest absolute Gasteiger partial charge is 0.328 e. The molecule has 0 atom stereocenters. The van der Waals surface area contributed by atoms with Crippen molar-refractivity contribution in [1.82, 2.24) is 18.7 Å². The second kappa shape index (κ2) is 6.92. The van der Waals surface area contributed by atoms with Crippen molar-refractivity contribution in [1.29, 1.82) is 0 Å². The maximum absolute atomic E-state index is 12.3. The zero-order valence-electron chi connectivity index (χ0n) is 16.3. The van der Waals surface area contributed by atoms with E-state index in [-0.39, 0.29) is 5.69 Å². The van der Waals surface area contributed by atoms with Crippen molar-refractivity contribution in [2.75, 3.05) is 13.7 Å². The Morgan fingerprint density at radius 2 is 1.75 bits per heavy atom. The number of benzene rings is 2. The molecule has 0 saturated heterocycles. The van der Waals surface area contributed by atoms with Gasteiger partial charge in [-0.3, -0.25) is 13.7 Å². The lowest BCUT2D eigenvalue weighted by molar-refractivity contribution is 0.341. The molecule has 2 heterocycles. The van der Waals surface area contributed by atoms with Gasteiger partial charge in [-0.25, -0.2) is 9.78 Å². The summed E-state index contributed by atoms with van der Waals surface area (Å²) in [6, 6.07) is 11.6. The molecule has 4 aromatic rings. The van der Waals surface area contributed by atoms with Crippen LogP contribution in [0.3, 0.4) is 0 Å². The van der Waals surface area contributed by atoms with Crippen molar-refractivity contribution in [2.45, 2.75) is 6.92 Å². The minimum atomic E-state index is -0.0817. The molecule has 0 amide bonds. The van der Waals surface area contributed by atoms with Gasteiger partial charge in [0.1, 0.15) is 17.3 Å². The summed E-state index contributed by atoms with van der Waals surface area (Å²) in [7, 11) is 5.14. The number of rotatable bonds is 5. The topological polar surface area (TPSA) is 63.2 Å². The summed E-state index contributed by atoms with van der Waals surface area (Å²) < 4.78 is 16.6. The van der Waals surface area contributed by atoms with Gasteiger partial charge in [0.05, 0.1) is 36.0 Å². The monoisotopic (exact) mass is 378 g/mol. The molecule has 0 fully saturated rings. The number of nitrogens with zero attached hydrogens (tertiary/aromatic N) is 4. The van der Waals surface area contributed by atoms with Crippen LogP contribution in [0.2, 0.25) is 0 Å². The molecule has 0 unspecified atom stereocenters. The second-order valence-corrected chi connectivity index (χ2v) is 6.46. The van der Waals surface area contributed by atoms with Crippen LogP contribution in [0.15, 0.2) is 53.6 Å². The quantitative estimate of drug-likeness (QED) is 0.535. The molecule has 0 aliphatic rings. The predicted octanol–water partition coefficient (Wildman–Crippen LogP) is 3.14. The Morgan fingerprint density at radius 1 is 1.04 bits per heavy atom. The summed E-state index contributed by atoms with van der Waals surface area (Å²) in [5.74, 6) is 2.16. The fourth-order valence-electron chi connectivity index (χ4n) is 3.50. The highest BCUT2D eigenvalue weighted by atomic mass is 16.5. The fourth-order valence-corrected chi connectivity index (χ4v) is 3.50. The normalized spacial score (nSPS) is 11.1. The van der Waals surface area contributed by atoms with Crippen LogP contribution in [0.4, 0.5) is 0 Å². The van der Waals surface area contributed by atoms with Crippen LogP contribution in [0.25, 0.3) is 28.1 Å². The van der Waals surface area contributed by atoms with Crippen LogP contribution < -0.4 is 15.2 Å². The highest BCUT2D eigenvalue weighted by Crippen LogP contribution is 2.34. The van der Waals surface area contributed by atoms with E-state index in [0.717, 1.165) is 33.9 Å². The van der Waals surface area contributed by atoms with Crippen molar-refractivity contribution in [3.05, 3.63) is 59.3 Å². The van der Waals surface area contributed by atoms with E-state index < -0.39 is 0 Å². The third-order valence-corrected chi connectivity index (χ3v) is 4.90. The lowest BCUT2D eigenvalue weighted by atomic mass is 10.1. The summed E-state index contributed by atoms with van der Waals surface area (Å²) >= 11 is 0.